The second kappa shape index (κ2) is 7.15. The van der Waals surface area contributed by atoms with Crippen molar-refractivity contribution in [1.82, 2.24) is 5.32 Å². The Morgan fingerprint density at radius 2 is 2.05 bits per heavy atom. The van der Waals surface area contributed by atoms with E-state index < -0.39 is 6.61 Å². The van der Waals surface area contributed by atoms with Crippen LogP contribution < -0.4 is 10.1 Å². The second-order valence-corrected chi connectivity index (χ2v) is 6.40. The van der Waals surface area contributed by atoms with Crippen LogP contribution in [0.3, 0.4) is 0 Å². The van der Waals surface area contributed by atoms with Crippen LogP contribution in [0.25, 0.3) is 0 Å². The maximum Gasteiger partial charge on any atom is 0.387 e. The van der Waals surface area contributed by atoms with Crippen molar-refractivity contribution in [2.24, 2.45) is 0 Å². The number of ether oxygens (including phenoxy) is 1. The van der Waals surface area contributed by atoms with E-state index in [9.17, 15) is 8.78 Å². The van der Waals surface area contributed by atoms with Crippen LogP contribution in [-0.2, 0) is 13.1 Å². The first kappa shape index (κ1) is 15.4. The molecular formula is C14H14BrF2NOS. The van der Waals surface area contributed by atoms with Gasteiger partial charge < -0.3 is 10.1 Å². The van der Waals surface area contributed by atoms with Gasteiger partial charge in [0, 0.05) is 32.9 Å². The van der Waals surface area contributed by atoms with Crippen LogP contribution in [0.2, 0.25) is 0 Å². The third-order valence-electron chi connectivity index (χ3n) is 2.71. The molecule has 0 atom stereocenters. The van der Waals surface area contributed by atoms with Gasteiger partial charge in [-0.1, -0.05) is 18.2 Å². The molecule has 0 aliphatic heterocycles. The molecule has 108 valence electrons. The molecule has 0 saturated heterocycles. The fraction of sp³-hybridized carbons (Fsp3) is 0.286. The zero-order valence-corrected chi connectivity index (χ0v) is 13.2. The lowest BCUT2D eigenvalue weighted by molar-refractivity contribution is -0.0505. The Hall–Kier alpha value is -0.980. The smallest absolute Gasteiger partial charge is 0.387 e. The zero-order chi connectivity index (χ0) is 14.5. The molecule has 1 aromatic carbocycles. The Morgan fingerprint density at radius 3 is 2.70 bits per heavy atom. The van der Waals surface area contributed by atoms with Crippen molar-refractivity contribution >= 4 is 27.3 Å². The minimum absolute atomic E-state index is 0.221. The number of nitrogens with one attached hydrogen (secondary N) is 1. The number of halogens is 3. The summed E-state index contributed by atoms with van der Waals surface area (Å²) in [7, 11) is 0. The number of hydrogen-bond acceptors (Lipinski definition) is 3. The lowest BCUT2D eigenvalue weighted by Gasteiger charge is -2.10. The van der Waals surface area contributed by atoms with E-state index in [0.717, 1.165) is 10.0 Å². The van der Waals surface area contributed by atoms with Crippen molar-refractivity contribution < 1.29 is 13.5 Å². The standard InChI is InChI=1S/C14H14BrF2NOS/c1-9-12(15)6-11(20-9)8-18-7-10-4-2-3-5-13(10)19-14(16)17/h2-6,14,18H,7-8H2,1H3. The van der Waals surface area contributed by atoms with Crippen LogP contribution >= 0.6 is 27.3 Å². The highest BCUT2D eigenvalue weighted by atomic mass is 79.9. The van der Waals surface area contributed by atoms with Gasteiger partial charge in [0.15, 0.2) is 0 Å². The van der Waals surface area contributed by atoms with Crippen LogP contribution in [0, 0.1) is 6.92 Å². The molecule has 20 heavy (non-hydrogen) atoms. The van der Waals surface area contributed by atoms with Gasteiger partial charge in [-0.15, -0.1) is 11.3 Å². The van der Waals surface area contributed by atoms with Gasteiger partial charge in [-0.25, -0.2) is 0 Å². The summed E-state index contributed by atoms with van der Waals surface area (Å²) >= 11 is 5.17. The van der Waals surface area contributed by atoms with Crippen LogP contribution in [0.4, 0.5) is 8.78 Å². The van der Waals surface area contributed by atoms with Gasteiger partial charge in [0.1, 0.15) is 5.75 Å². The number of para-hydroxylation sites is 1. The molecule has 0 radical (unpaired) electrons. The molecule has 0 fully saturated rings. The number of rotatable bonds is 6. The summed E-state index contributed by atoms with van der Waals surface area (Å²) in [5.41, 5.74) is 0.722. The SMILES string of the molecule is Cc1sc(CNCc2ccccc2OC(F)F)cc1Br. The van der Waals surface area contributed by atoms with E-state index in [1.165, 1.54) is 9.75 Å². The minimum atomic E-state index is -2.80. The fourth-order valence-corrected chi connectivity index (χ4v) is 3.36. The van der Waals surface area contributed by atoms with Crippen molar-refractivity contribution in [3.63, 3.8) is 0 Å². The second-order valence-electron chi connectivity index (χ2n) is 4.21. The van der Waals surface area contributed by atoms with E-state index in [-0.39, 0.29) is 5.75 Å². The van der Waals surface area contributed by atoms with Gasteiger partial charge in [0.25, 0.3) is 0 Å². The van der Waals surface area contributed by atoms with Crippen LogP contribution in [0.15, 0.2) is 34.8 Å². The van der Waals surface area contributed by atoms with Gasteiger partial charge in [-0.05, 0) is 35.0 Å². The van der Waals surface area contributed by atoms with E-state index in [2.05, 4.69) is 32.0 Å². The Kier molecular flexibility index (Phi) is 5.51. The summed E-state index contributed by atoms with van der Waals surface area (Å²) in [5.74, 6) is 0.221. The normalized spacial score (nSPS) is 11.1. The van der Waals surface area contributed by atoms with Crippen LogP contribution in [0.5, 0.6) is 5.75 Å². The molecule has 0 aliphatic rings. The molecule has 1 heterocycles. The Labute approximate surface area is 128 Å². The molecule has 1 N–H and O–H groups in total. The Bertz CT molecular complexity index is 555. The zero-order valence-electron chi connectivity index (χ0n) is 10.8. The van der Waals surface area contributed by atoms with Crippen LogP contribution in [-0.4, -0.2) is 6.61 Å². The highest BCUT2D eigenvalue weighted by Crippen LogP contribution is 2.26. The summed E-state index contributed by atoms with van der Waals surface area (Å²) in [5, 5.41) is 3.24. The summed E-state index contributed by atoms with van der Waals surface area (Å²) in [4.78, 5) is 2.42. The number of aryl methyl sites for hydroxylation is 1. The molecular weight excluding hydrogens is 348 g/mol. The lowest BCUT2D eigenvalue weighted by atomic mass is 10.2. The molecule has 0 saturated carbocycles. The predicted octanol–water partition coefficient (Wildman–Crippen LogP) is 4.71. The van der Waals surface area contributed by atoms with Crippen molar-refractivity contribution in [1.29, 1.82) is 0 Å². The minimum Gasteiger partial charge on any atom is -0.434 e. The average molecular weight is 362 g/mol. The predicted molar refractivity (Wildman–Crippen MR) is 80.4 cm³/mol. The molecule has 0 unspecified atom stereocenters. The molecule has 2 aromatic rings. The maximum atomic E-state index is 12.3. The fourth-order valence-electron chi connectivity index (χ4n) is 1.79. The summed E-state index contributed by atoms with van der Waals surface area (Å²) in [6, 6.07) is 8.88. The molecule has 0 aliphatic carbocycles. The topological polar surface area (TPSA) is 21.3 Å². The molecule has 0 spiro atoms. The lowest BCUT2D eigenvalue weighted by Crippen LogP contribution is -2.13. The van der Waals surface area contributed by atoms with Crippen molar-refractivity contribution in [2.45, 2.75) is 26.6 Å². The van der Waals surface area contributed by atoms with Gasteiger partial charge in [0.2, 0.25) is 0 Å². The number of hydrogen-bond donors (Lipinski definition) is 1. The molecule has 6 heteroatoms. The summed E-state index contributed by atoms with van der Waals surface area (Å²) in [6.07, 6.45) is 0. The third kappa shape index (κ3) is 4.26. The summed E-state index contributed by atoms with van der Waals surface area (Å²) in [6.45, 7) is 0.425. The molecule has 1 aromatic heterocycles. The van der Waals surface area contributed by atoms with Gasteiger partial charge in [-0.3, -0.25) is 0 Å². The van der Waals surface area contributed by atoms with E-state index >= 15 is 0 Å². The Balaban J connectivity index is 1.93. The number of thiophene rings is 1. The van der Waals surface area contributed by atoms with Crippen molar-refractivity contribution in [3.05, 3.63) is 50.1 Å². The molecule has 2 nitrogen and oxygen atoms in total. The summed E-state index contributed by atoms with van der Waals surface area (Å²) < 4.78 is 30.2. The first-order valence-corrected chi connectivity index (χ1v) is 7.65. The third-order valence-corrected chi connectivity index (χ3v) is 4.85. The molecule has 0 amide bonds. The molecule has 0 bridgehead atoms. The highest BCUT2D eigenvalue weighted by Gasteiger charge is 2.09. The van der Waals surface area contributed by atoms with E-state index in [4.69, 9.17) is 0 Å². The monoisotopic (exact) mass is 361 g/mol. The highest BCUT2D eigenvalue weighted by molar-refractivity contribution is 9.10. The Morgan fingerprint density at radius 1 is 1.30 bits per heavy atom. The van der Waals surface area contributed by atoms with Crippen molar-refractivity contribution in [2.75, 3.05) is 0 Å². The number of alkyl halides is 2. The van der Waals surface area contributed by atoms with E-state index in [0.29, 0.717) is 13.1 Å². The van der Waals surface area contributed by atoms with Gasteiger partial charge in [0.05, 0.1) is 0 Å². The van der Waals surface area contributed by atoms with E-state index in [1.54, 1.807) is 35.6 Å². The average Bonchev–Trinajstić information content (AvgIpc) is 2.70. The first-order chi connectivity index (χ1) is 9.56. The van der Waals surface area contributed by atoms with Gasteiger partial charge in [-0.2, -0.15) is 8.78 Å². The maximum absolute atomic E-state index is 12.3. The van der Waals surface area contributed by atoms with Gasteiger partial charge >= 0.3 is 6.61 Å². The largest absolute Gasteiger partial charge is 0.434 e. The van der Waals surface area contributed by atoms with Crippen molar-refractivity contribution in [3.8, 4) is 5.75 Å². The first-order valence-electron chi connectivity index (χ1n) is 6.04. The quantitative estimate of drug-likeness (QED) is 0.804. The number of benzene rings is 1. The van der Waals surface area contributed by atoms with E-state index in [1.807, 2.05) is 6.92 Å². The van der Waals surface area contributed by atoms with Crippen LogP contribution in [0.1, 0.15) is 15.3 Å². The molecule has 2 rings (SSSR count).